The van der Waals surface area contributed by atoms with Crippen LogP contribution < -0.4 is 10.1 Å². The summed E-state index contributed by atoms with van der Waals surface area (Å²) in [5, 5.41) is 4.00. The van der Waals surface area contributed by atoms with E-state index in [-0.39, 0.29) is 5.04 Å². The van der Waals surface area contributed by atoms with Crippen LogP contribution >= 0.6 is 15.9 Å². The fourth-order valence-corrected chi connectivity index (χ4v) is 4.38. The number of aromatic nitrogens is 1. The van der Waals surface area contributed by atoms with Gasteiger partial charge in [0.2, 0.25) is 5.88 Å². The number of alkyl carbamates (subject to hydrolysis) is 1. The Morgan fingerprint density at radius 3 is 2.29 bits per heavy atom. The van der Waals surface area contributed by atoms with Crippen molar-refractivity contribution in [2.24, 2.45) is 0 Å². The molecule has 0 spiro atoms. The Morgan fingerprint density at radius 2 is 1.74 bits per heavy atom. The summed E-state index contributed by atoms with van der Waals surface area (Å²) in [5.74, 6) is 0.508. The molecule has 0 fully saturated rings. The number of nitrogens with one attached hydrogen (secondary N) is 1. The zero-order valence-corrected chi connectivity index (χ0v) is 22.6. The maximum Gasteiger partial charge on any atom is 0.408 e. The zero-order chi connectivity index (χ0) is 23.6. The van der Waals surface area contributed by atoms with Crippen molar-refractivity contribution in [1.82, 2.24) is 10.3 Å². The maximum absolute atomic E-state index is 12.7. The van der Waals surface area contributed by atoms with Crippen molar-refractivity contribution in [1.29, 1.82) is 0 Å². The van der Waals surface area contributed by atoms with E-state index in [0.717, 1.165) is 20.9 Å². The van der Waals surface area contributed by atoms with E-state index in [1.165, 1.54) is 0 Å². The number of carbonyl (C=O) groups is 1. The second-order valence-electron chi connectivity index (χ2n) is 10.2. The van der Waals surface area contributed by atoms with Crippen molar-refractivity contribution in [2.75, 3.05) is 13.7 Å². The van der Waals surface area contributed by atoms with E-state index in [9.17, 15) is 4.79 Å². The fourth-order valence-electron chi connectivity index (χ4n) is 2.77. The number of pyridine rings is 1. The van der Waals surface area contributed by atoms with Crippen LogP contribution in [0.5, 0.6) is 5.88 Å². The third-order valence-electron chi connectivity index (χ3n) is 5.49. The summed E-state index contributed by atoms with van der Waals surface area (Å²) in [6.45, 7) is 16.8. The highest BCUT2D eigenvalue weighted by Crippen LogP contribution is 2.38. The molecule has 172 valence electrons. The van der Waals surface area contributed by atoms with Gasteiger partial charge in [0, 0.05) is 21.5 Å². The summed E-state index contributed by atoms with van der Waals surface area (Å²) in [7, 11) is -0.467. The van der Waals surface area contributed by atoms with E-state index in [4.69, 9.17) is 13.9 Å². The average Bonchev–Trinajstić information content (AvgIpc) is 2.62. The van der Waals surface area contributed by atoms with Gasteiger partial charge in [-0.2, -0.15) is 0 Å². The van der Waals surface area contributed by atoms with Crippen molar-refractivity contribution in [3.8, 4) is 5.88 Å². The molecule has 1 aromatic heterocycles. The molecule has 1 amide bonds. The van der Waals surface area contributed by atoms with Gasteiger partial charge in [-0.15, -0.1) is 0 Å². The van der Waals surface area contributed by atoms with E-state index in [0.29, 0.717) is 12.5 Å². The van der Waals surface area contributed by atoms with Gasteiger partial charge >= 0.3 is 6.09 Å². The van der Waals surface area contributed by atoms with Crippen LogP contribution in [0.1, 0.15) is 53.1 Å². The summed E-state index contributed by atoms with van der Waals surface area (Å²) in [5.41, 5.74) is 0.974. The Labute approximate surface area is 195 Å². The third kappa shape index (κ3) is 6.67. The smallest absolute Gasteiger partial charge is 0.408 e. The molecule has 8 heteroatoms. The predicted octanol–water partition coefficient (Wildman–Crippen LogP) is 6.59. The lowest BCUT2D eigenvalue weighted by Gasteiger charge is -2.37. The Hall–Kier alpha value is -1.64. The van der Waals surface area contributed by atoms with Crippen LogP contribution in [-0.4, -0.2) is 38.7 Å². The highest BCUT2D eigenvalue weighted by Gasteiger charge is 2.38. The first kappa shape index (κ1) is 25.6. The number of methoxy groups -OCH3 is 1. The van der Waals surface area contributed by atoms with Gasteiger partial charge in [-0.25, -0.2) is 9.78 Å². The quantitative estimate of drug-likeness (QED) is 0.443. The molecule has 1 N–H and O–H groups in total. The van der Waals surface area contributed by atoms with E-state index >= 15 is 0 Å². The molecular formula is C23H35BrN2O4Si. The Bertz CT molecular complexity index is 936. The predicted molar refractivity (Wildman–Crippen MR) is 131 cm³/mol. The minimum Gasteiger partial charge on any atom is -0.481 e. The van der Waals surface area contributed by atoms with E-state index in [2.05, 4.69) is 60.1 Å². The Kier molecular flexibility index (Phi) is 7.82. The molecule has 0 radical (unpaired) electrons. The molecule has 0 aliphatic rings. The molecule has 1 atom stereocenters. The molecule has 31 heavy (non-hydrogen) atoms. The fraction of sp³-hybridized carbons (Fsp3) is 0.565. The second kappa shape index (κ2) is 9.46. The van der Waals surface area contributed by atoms with Gasteiger partial charge in [0.25, 0.3) is 0 Å². The number of hydrogen-bond donors (Lipinski definition) is 1. The number of hydrogen-bond acceptors (Lipinski definition) is 5. The van der Waals surface area contributed by atoms with Crippen molar-refractivity contribution in [3.63, 3.8) is 0 Å². The minimum atomic E-state index is -2.05. The normalized spacial score (nSPS) is 13.7. The first-order valence-electron chi connectivity index (χ1n) is 10.4. The van der Waals surface area contributed by atoms with Crippen LogP contribution in [0.2, 0.25) is 18.1 Å². The summed E-state index contributed by atoms with van der Waals surface area (Å²) in [6.07, 6.45) is -0.497. The van der Waals surface area contributed by atoms with Crippen molar-refractivity contribution in [3.05, 3.63) is 34.3 Å². The van der Waals surface area contributed by atoms with Gasteiger partial charge in [0.1, 0.15) is 5.60 Å². The van der Waals surface area contributed by atoms with Crippen LogP contribution in [0.25, 0.3) is 10.9 Å². The summed E-state index contributed by atoms with van der Waals surface area (Å²) >= 11 is 3.66. The second-order valence-corrected chi connectivity index (χ2v) is 15.8. The molecule has 1 heterocycles. The lowest BCUT2D eigenvalue weighted by molar-refractivity contribution is 0.0484. The minimum absolute atomic E-state index is 0.0426. The number of ether oxygens (including phenoxy) is 2. The molecule has 0 saturated heterocycles. The number of amides is 1. The molecule has 6 nitrogen and oxygen atoms in total. The zero-order valence-electron chi connectivity index (χ0n) is 20.1. The van der Waals surface area contributed by atoms with Crippen LogP contribution in [0.4, 0.5) is 4.79 Å². The van der Waals surface area contributed by atoms with Gasteiger partial charge in [0.15, 0.2) is 8.32 Å². The largest absolute Gasteiger partial charge is 0.481 e. The summed E-state index contributed by atoms with van der Waals surface area (Å²) in [6, 6.07) is 7.26. The highest BCUT2D eigenvalue weighted by atomic mass is 79.9. The summed E-state index contributed by atoms with van der Waals surface area (Å²) in [4.78, 5) is 17.4. The van der Waals surface area contributed by atoms with Crippen molar-refractivity contribution < 1.29 is 18.7 Å². The van der Waals surface area contributed by atoms with Crippen LogP contribution in [-0.2, 0) is 9.16 Å². The van der Waals surface area contributed by atoms with Gasteiger partial charge in [0.05, 0.1) is 25.3 Å². The lowest BCUT2D eigenvalue weighted by Crippen LogP contribution is -2.44. The Morgan fingerprint density at radius 1 is 1.13 bits per heavy atom. The maximum atomic E-state index is 12.7. The van der Waals surface area contributed by atoms with E-state index < -0.39 is 26.1 Å². The SMILES string of the molecule is COc1ccc2ccc(Br)c(C(CO[Si](C)(C)C(C)(C)C)NC(=O)OC(C)(C)C)c2n1. The highest BCUT2D eigenvalue weighted by molar-refractivity contribution is 9.10. The van der Waals surface area contributed by atoms with Gasteiger partial charge in [-0.3, -0.25) is 0 Å². The standard InChI is InChI=1S/C23H35BrN2O4Si/c1-22(2,3)30-21(27)25-17(14-29-31(8,9)23(4,5)6)19-16(24)12-10-15-11-13-18(28-7)26-20(15)19/h10-13,17H,14H2,1-9H3,(H,25,27). The van der Waals surface area contributed by atoms with Gasteiger partial charge in [-0.1, -0.05) is 42.8 Å². The summed E-state index contributed by atoms with van der Waals surface area (Å²) < 4.78 is 18.2. The van der Waals surface area contributed by atoms with E-state index in [1.54, 1.807) is 7.11 Å². The van der Waals surface area contributed by atoms with Crippen molar-refractivity contribution >= 4 is 41.2 Å². The molecule has 0 bridgehead atoms. The van der Waals surface area contributed by atoms with Gasteiger partial charge < -0.3 is 19.2 Å². The number of rotatable bonds is 6. The molecule has 0 saturated carbocycles. The monoisotopic (exact) mass is 510 g/mol. The molecule has 0 aliphatic heterocycles. The number of carbonyl (C=O) groups excluding carboxylic acids is 1. The lowest BCUT2D eigenvalue weighted by atomic mass is 10.0. The number of nitrogens with zero attached hydrogens (tertiary/aromatic N) is 1. The number of benzene rings is 1. The first-order chi connectivity index (χ1) is 14.1. The molecule has 2 rings (SSSR count). The molecule has 1 aromatic carbocycles. The first-order valence-corrected chi connectivity index (χ1v) is 14.1. The van der Waals surface area contributed by atoms with Crippen LogP contribution in [0.15, 0.2) is 28.7 Å². The van der Waals surface area contributed by atoms with E-state index in [1.807, 2.05) is 45.0 Å². The topological polar surface area (TPSA) is 69.7 Å². The van der Waals surface area contributed by atoms with Crippen LogP contribution in [0, 0.1) is 0 Å². The molecule has 1 unspecified atom stereocenters. The van der Waals surface area contributed by atoms with Crippen LogP contribution in [0.3, 0.4) is 0 Å². The number of fused-ring (bicyclic) bond motifs is 1. The molecule has 0 aliphatic carbocycles. The van der Waals surface area contributed by atoms with Gasteiger partial charge in [-0.05, 0) is 51.0 Å². The molecule has 2 aromatic rings. The Balaban J connectivity index is 2.51. The third-order valence-corrected chi connectivity index (χ3v) is 10.7. The average molecular weight is 512 g/mol. The number of halogens is 1. The molecular weight excluding hydrogens is 476 g/mol. The van der Waals surface area contributed by atoms with Crippen molar-refractivity contribution in [2.45, 2.75) is 71.3 Å².